The average molecular weight is 386 g/mol. The molecule has 0 saturated carbocycles. The Morgan fingerprint density at radius 1 is 0.345 bits per heavy atom. The summed E-state index contributed by atoms with van der Waals surface area (Å²) in [5.74, 6) is 0. The molecule has 29 heavy (non-hydrogen) atoms. The highest BCUT2D eigenvalue weighted by Gasteiger charge is 1.90. The van der Waals surface area contributed by atoms with Crippen molar-refractivity contribution in [3.8, 4) is 0 Å². The van der Waals surface area contributed by atoms with Crippen molar-refractivity contribution < 1.29 is 0 Å². The summed E-state index contributed by atoms with van der Waals surface area (Å²) < 4.78 is 0. The molecule has 0 unspecified atom stereocenters. The fraction of sp³-hybridized carbons (Fsp3) is 0.310. The minimum Gasteiger partial charge on any atom is -0.0845 e. The van der Waals surface area contributed by atoms with Crippen molar-refractivity contribution in [2.75, 3.05) is 0 Å². The van der Waals surface area contributed by atoms with Gasteiger partial charge < -0.3 is 0 Å². The second-order valence-corrected chi connectivity index (χ2v) is 6.89. The molecular formula is C29H37. The monoisotopic (exact) mass is 385 g/mol. The van der Waals surface area contributed by atoms with Gasteiger partial charge in [0.2, 0.25) is 0 Å². The van der Waals surface area contributed by atoms with Gasteiger partial charge in [-0.25, -0.2) is 0 Å². The van der Waals surface area contributed by atoms with Crippen LogP contribution >= 0.6 is 0 Å². The van der Waals surface area contributed by atoms with E-state index in [1.165, 1.54) is 51.4 Å². The summed E-state index contributed by atoms with van der Waals surface area (Å²) in [5.41, 5.74) is 0. The van der Waals surface area contributed by atoms with Gasteiger partial charge in [-0.05, 0) is 31.8 Å². The lowest BCUT2D eigenvalue weighted by Crippen LogP contribution is -1.80. The SMILES string of the molecule is [C]1=C/C=C\C=C/C=C/C=C\C=C\C=C\C=C\C=C\C=C\CCCCCCCCC/1. The molecule has 0 aromatic heterocycles. The Balaban J connectivity index is 2.44. The largest absolute Gasteiger partial charge is 0.0845 e. The van der Waals surface area contributed by atoms with Crippen molar-refractivity contribution in [3.63, 3.8) is 0 Å². The van der Waals surface area contributed by atoms with Gasteiger partial charge in [-0.15, -0.1) is 0 Å². The number of hydrogen-bond donors (Lipinski definition) is 0. The normalized spacial score (nSPS) is 29.5. The lowest BCUT2D eigenvalue weighted by molar-refractivity contribution is 0.582. The van der Waals surface area contributed by atoms with Crippen LogP contribution in [-0.4, -0.2) is 0 Å². The Bertz CT molecular complexity index is 596. The maximum absolute atomic E-state index is 3.36. The van der Waals surface area contributed by atoms with Crippen LogP contribution in [0.25, 0.3) is 0 Å². The molecule has 0 saturated heterocycles. The Labute approximate surface area is 179 Å². The molecule has 1 rings (SSSR count). The first kappa shape index (κ1) is 24.4. The third kappa shape index (κ3) is 20.0. The topological polar surface area (TPSA) is 0 Å². The molecule has 0 N–H and O–H groups in total. The van der Waals surface area contributed by atoms with E-state index in [9.17, 15) is 0 Å². The lowest BCUT2D eigenvalue weighted by Gasteiger charge is -1.99. The van der Waals surface area contributed by atoms with E-state index in [2.05, 4.69) is 36.5 Å². The van der Waals surface area contributed by atoms with E-state index >= 15 is 0 Å². The zero-order chi connectivity index (χ0) is 20.5. The van der Waals surface area contributed by atoms with Crippen LogP contribution in [0.1, 0.15) is 57.8 Å². The van der Waals surface area contributed by atoms with Crippen molar-refractivity contribution in [2.45, 2.75) is 57.8 Å². The highest BCUT2D eigenvalue weighted by Crippen LogP contribution is 2.10. The van der Waals surface area contributed by atoms with Gasteiger partial charge >= 0.3 is 0 Å². The third-order valence-corrected chi connectivity index (χ3v) is 4.32. The van der Waals surface area contributed by atoms with Crippen molar-refractivity contribution >= 4 is 0 Å². The van der Waals surface area contributed by atoms with E-state index in [0.717, 1.165) is 6.42 Å². The molecule has 1 aliphatic carbocycles. The quantitative estimate of drug-likeness (QED) is 0.390. The lowest BCUT2D eigenvalue weighted by atomic mass is 10.1. The Kier molecular flexibility index (Phi) is 18.3. The molecule has 0 atom stereocenters. The molecule has 0 amide bonds. The highest BCUT2D eigenvalue weighted by atomic mass is 14.0. The van der Waals surface area contributed by atoms with E-state index < -0.39 is 0 Å². The fourth-order valence-electron chi connectivity index (χ4n) is 2.72. The summed E-state index contributed by atoms with van der Waals surface area (Å²) in [6.45, 7) is 0. The van der Waals surface area contributed by atoms with Gasteiger partial charge in [0.05, 0.1) is 0 Å². The van der Waals surface area contributed by atoms with Crippen molar-refractivity contribution in [3.05, 3.63) is 122 Å². The van der Waals surface area contributed by atoms with Gasteiger partial charge in [0.15, 0.2) is 0 Å². The van der Waals surface area contributed by atoms with Crippen LogP contribution in [0.4, 0.5) is 0 Å². The number of allylic oxidation sites excluding steroid dienone is 20. The van der Waals surface area contributed by atoms with E-state index in [0.29, 0.717) is 0 Å². The molecule has 0 bridgehead atoms. The average Bonchev–Trinajstić information content (AvgIpc) is 2.73. The minimum atomic E-state index is 1.06. The smallest absolute Gasteiger partial charge is 0.0276 e. The molecule has 1 radical (unpaired) electrons. The number of hydrogen-bond acceptors (Lipinski definition) is 0. The standard InChI is InChI=1S/C29H37/c1-2-4-6-8-10-12-14-16-18-20-22-24-26-28-29-27-25-23-21-19-17-15-13-11-9-7-5-3-1/h1-19H,20,22-29H2/b2-1+,5-3-,6-4+,9-7+,10-8+,13-11-,14-12+,17-15-,18-16+,21-19?. The Hall–Kier alpha value is -2.60. The van der Waals surface area contributed by atoms with Crippen molar-refractivity contribution in [2.24, 2.45) is 0 Å². The zero-order valence-corrected chi connectivity index (χ0v) is 17.8. The maximum atomic E-state index is 3.36. The molecular weight excluding hydrogens is 348 g/mol. The summed E-state index contributed by atoms with van der Waals surface area (Å²) in [6.07, 6.45) is 54.0. The summed E-state index contributed by atoms with van der Waals surface area (Å²) in [6, 6.07) is 0. The van der Waals surface area contributed by atoms with E-state index in [1.807, 2.05) is 85.1 Å². The summed E-state index contributed by atoms with van der Waals surface area (Å²) in [5, 5.41) is 0. The van der Waals surface area contributed by atoms with Gasteiger partial charge in [-0.1, -0.05) is 148 Å². The summed E-state index contributed by atoms with van der Waals surface area (Å²) >= 11 is 0. The van der Waals surface area contributed by atoms with Gasteiger partial charge in [-0.2, -0.15) is 0 Å². The molecule has 0 nitrogen and oxygen atoms in total. The molecule has 0 heteroatoms. The third-order valence-electron chi connectivity index (χ3n) is 4.32. The molecule has 0 aliphatic heterocycles. The molecule has 0 heterocycles. The first-order chi connectivity index (χ1) is 14.5. The van der Waals surface area contributed by atoms with Crippen LogP contribution in [0.2, 0.25) is 0 Å². The first-order valence-corrected chi connectivity index (χ1v) is 11.1. The van der Waals surface area contributed by atoms with Gasteiger partial charge in [-0.3, -0.25) is 0 Å². The molecule has 0 spiro atoms. The van der Waals surface area contributed by atoms with Crippen LogP contribution in [0.3, 0.4) is 0 Å². The predicted molar refractivity (Wildman–Crippen MR) is 132 cm³/mol. The second-order valence-electron chi connectivity index (χ2n) is 6.89. The minimum absolute atomic E-state index is 1.06. The fourth-order valence-corrected chi connectivity index (χ4v) is 2.72. The van der Waals surface area contributed by atoms with Crippen LogP contribution < -0.4 is 0 Å². The summed E-state index contributed by atoms with van der Waals surface area (Å²) in [4.78, 5) is 0. The Morgan fingerprint density at radius 2 is 0.724 bits per heavy atom. The molecule has 0 aromatic rings. The van der Waals surface area contributed by atoms with Gasteiger partial charge in [0.25, 0.3) is 0 Å². The van der Waals surface area contributed by atoms with Crippen LogP contribution in [-0.2, 0) is 0 Å². The molecule has 0 fully saturated rings. The highest BCUT2D eigenvalue weighted by molar-refractivity contribution is 5.22. The van der Waals surface area contributed by atoms with Crippen LogP contribution in [0.5, 0.6) is 0 Å². The predicted octanol–water partition coefficient (Wildman–Crippen LogP) is 8.88. The van der Waals surface area contributed by atoms with Crippen LogP contribution in [0.15, 0.2) is 115 Å². The van der Waals surface area contributed by atoms with Crippen molar-refractivity contribution in [1.29, 1.82) is 0 Å². The molecule has 153 valence electrons. The van der Waals surface area contributed by atoms with Crippen LogP contribution in [0, 0.1) is 6.08 Å². The Morgan fingerprint density at radius 3 is 1.24 bits per heavy atom. The molecule has 1 aliphatic rings. The van der Waals surface area contributed by atoms with Gasteiger partial charge in [0.1, 0.15) is 0 Å². The first-order valence-electron chi connectivity index (χ1n) is 11.1. The van der Waals surface area contributed by atoms with E-state index in [1.54, 1.807) is 0 Å². The zero-order valence-electron chi connectivity index (χ0n) is 17.8. The second kappa shape index (κ2) is 21.7. The van der Waals surface area contributed by atoms with E-state index in [-0.39, 0.29) is 0 Å². The van der Waals surface area contributed by atoms with E-state index in [4.69, 9.17) is 0 Å². The number of rotatable bonds is 0. The maximum Gasteiger partial charge on any atom is -0.0276 e. The molecule has 0 aromatic carbocycles. The summed E-state index contributed by atoms with van der Waals surface area (Å²) in [7, 11) is 0. The van der Waals surface area contributed by atoms with Gasteiger partial charge in [0, 0.05) is 0 Å². The van der Waals surface area contributed by atoms with Crippen molar-refractivity contribution in [1.82, 2.24) is 0 Å².